The highest BCUT2D eigenvalue weighted by Gasteiger charge is 2.12. The molecule has 1 aromatic heterocycles. The second kappa shape index (κ2) is 9.67. The second-order valence-corrected chi connectivity index (χ2v) is 7.69. The SMILES string of the molecule is CCOC(=O)Cc1ccc(Oc2ccc(NC(=O)c3cc4cc(O)ccc4[nH]3)cc2)c(Cl)c1. The molecule has 0 bridgehead atoms. The molecule has 7 nitrogen and oxygen atoms in total. The molecule has 8 heteroatoms. The summed E-state index contributed by atoms with van der Waals surface area (Å²) in [6, 6.07) is 18.5. The lowest BCUT2D eigenvalue weighted by atomic mass is 10.1. The minimum Gasteiger partial charge on any atom is -0.508 e. The first-order valence-corrected chi connectivity index (χ1v) is 10.6. The van der Waals surface area contributed by atoms with Crippen LogP contribution in [0.25, 0.3) is 10.9 Å². The van der Waals surface area contributed by atoms with Gasteiger partial charge in [-0.2, -0.15) is 0 Å². The molecule has 0 fully saturated rings. The molecule has 1 heterocycles. The van der Waals surface area contributed by atoms with Gasteiger partial charge in [0.2, 0.25) is 0 Å². The Morgan fingerprint density at radius 3 is 2.55 bits per heavy atom. The maximum Gasteiger partial charge on any atom is 0.310 e. The van der Waals surface area contributed by atoms with Crippen molar-refractivity contribution < 1.29 is 24.2 Å². The number of hydrogen-bond donors (Lipinski definition) is 3. The number of aromatic nitrogens is 1. The zero-order valence-corrected chi connectivity index (χ0v) is 18.5. The molecule has 0 spiro atoms. The number of aromatic amines is 1. The third-order valence-electron chi connectivity index (χ3n) is 4.84. The number of carbonyl (C=O) groups is 2. The largest absolute Gasteiger partial charge is 0.508 e. The molecule has 0 unspecified atom stereocenters. The third-order valence-corrected chi connectivity index (χ3v) is 5.13. The van der Waals surface area contributed by atoms with Crippen LogP contribution in [0.1, 0.15) is 23.0 Å². The van der Waals surface area contributed by atoms with E-state index in [2.05, 4.69) is 10.3 Å². The second-order valence-electron chi connectivity index (χ2n) is 7.28. The van der Waals surface area contributed by atoms with Crippen LogP contribution in [0.3, 0.4) is 0 Å². The Morgan fingerprint density at radius 2 is 1.82 bits per heavy atom. The maximum absolute atomic E-state index is 12.6. The Bertz CT molecular complexity index is 1310. The fourth-order valence-electron chi connectivity index (χ4n) is 3.29. The lowest BCUT2D eigenvalue weighted by Gasteiger charge is -2.10. The van der Waals surface area contributed by atoms with Crippen LogP contribution in [-0.2, 0) is 16.0 Å². The topological polar surface area (TPSA) is 101 Å². The number of esters is 1. The zero-order chi connectivity index (χ0) is 23.4. The molecule has 0 saturated heterocycles. The Labute approximate surface area is 194 Å². The predicted octanol–water partition coefficient (Wildman–Crippen LogP) is 5.68. The number of rotatable bonds is 7. The van der Waals surface area contributed by atoms with Gasteiger partial charge >= 0.3 is 5.97 Å². The van der Waals surface area contributed by atoms with E-state index in [-0.39, 0.29) is 24.0 Å². The molecule has 0 radical (unpaired) electrons. The van der Waals surface area contributed by atoms with Crippen LogP contribution in [0.4, 0.5) is 5.69 Å². The molecular weight excluding hydrogens is 444 g/mol. The number of carbonyl (C=O) groups excluding carboxylic acids is 2. The predicted molar refractivity (Wildman–Crippen MR) is 126 cm³/mol. The van der Waals surface area contributed by atoms with E-state index in [1.54, 1.807) is 73.7 Å². The number of halogens is 1. The van der Waals surface area contributed by atoms with Crippen molar-refractivity contribution in [3.63, 3.8) is 0 Å². The first-order valence-electron chi connectivity index (χ1n) is 10.3. The third kappa shape index (κ3) is 5.45. The van der Waals surface area contributed by atoms with Gasteiger partial charge in [0.15, 0.2) is 0 Å². The zero-order valence-electron chi connectivity index (χ0n) is 17.7. The quantitative estimate of drug-likeness (QED) is 0.305. The van der Waals surface area contributed by atoms with Crippen LogP contribution in [0.5, 0.6) is 17.2 Å². The van der Waals surface area contributed by atoms with Crippen LogP contribution in [0, 0.1) is 0 Å². The number of phenols is 1. The van der Waals surface area contributed by atoms with Crippen LogP contribution >= 0.6 is 11.6 Å². The molecule has 3 aromatic carbocycles. The van der Waals surface area contributed by atoms with Crippen molar-refractivity contribution in [1.29, 1.82) is 0 Å². The van der Waals surface area contributed by atoms with Crippen LogP contribution in [0.2, 0.25) is 5.02 Å². The van der Waals surface area contributed by atoms with Gasteiger partial charge in [-0.1, -0.05) is 17.7 Å². The highest BCUT2D eigenvalue weighted by Crippen LogP contribution is 2.31. The van der Waals surface area contributed by atoms with Crippen molar-refractivity contribution in [1.82, 2.24) is 4.98 Å². The van der Waals surface area contributed by atoms with Gasteiger partial charge in [0.05, 0.1) is 18.1 Å². The molecule has 0 aliphatic rings. The van der Waals surface area contributed by atoms with Crippen molar-refractivity contribution >= 4 is 40.1 Å². The molecule has 0 aliphatic carbocycles. The van der Waals surface area contributed by atoms with Crippen LogP contribution < -0.4 is 10.1 Å². The van der Waals surface area contributed by atoms with E-state index in [1.807, 2.05) is 0 Å². The molecule has 0 atom stereocenters. The number of aromatic hydroxyl groups is 1. The molecule has 168 valence electrons. The fraction of sp³-hybridized carbons (Fsp3) is 0.120. The first kappa shape index (κ1) is 22.2. The number of anilines is 1. The van der Waals surface area contributed by atoms with Gasteiger partial charge in [0.25, 0.3) is 5.91 Å². The van der Waals surface area contributed by atoms with Crippen molar-refractivity contribution in [2.24, 2.45) is 0 Å². The Kier molecular flexibility index (Phi) is 6.51. The van der Waals surface area contributed by atoms with Gasteiger partial charge < -0.3 is 24.9 Å². The minimum absolute atomic E-state index is 0.137. The Balaban J connectivity index is 1.39. The van der Waals surface area contributed by atoms with E-state index in [0.29, 0.717) is 34.5 Å². The van der Waals surface area contributed by atoms with E-state index < -0.39 is 0 Å². The van der Waals surface area contributed by atoms with Gasteiger partial charge in [-0.25, -0.2) is 0 Å². The number of fused-ring (bicyclic) bond motifs is 1. The summed E-state index contributed by atoms with van der Waals surface area (Å²) in [4.78, 5) is 27.2. The Morgan fingerprint density at radius 1 is 1.03 bits per heavy atom. The number of nitrogens with one attached hydrogen (secondary N) is 2. The number of amides is 1. The number of ether oxygens (including phenoxy) is 2. The molecule has 3 N–H and O–H groups in total. The lowest BCUT2D eigenvalue weighted by molar-refractivity contribution is -0.142. The summed E-state index contributed by atoms with van der Waals surface area (Å²) in [6.45, 7) is 2.09. The van der Waals surface area contributed by atoms with E-state index in [4.69, 9.17) is 21.1 Å². The summed E-state index contributed by atoms with van der Waals surface area (Å²) in [5, 5.41) is 13.5. The van der Waals surface area contributed by atoms with Crippen molar-refractivity contribution in [3.8, 4) is 17.2 Å². The molecule has 1 amide bonds. The van der Waals surface area contributed by atoms with Crippen molar-refractivity contribution in [3.05, 3.63) is 83.0 Å². The van der Waals surface area contributed by atoms with E-state index in [0.717, 1.165) is 16.5 Å². The van der Waals surface area contributed by atoms with Gasteiger partial charge in [-0.3, -0.25) is 9.59 Å². The van der Waals surface area contributed by atoms with Gasteiger partial charge in [0.1, 0.15) is 22.9 Å². The summed E-state index contributed by atoms with van der Waals surface area (Å²) >= 11 is 6.30. The van der Waals surface area contributed by atoms with Crippen molar-refractivity contribution in [2.45, 2.75) is 13.3 Å². The highest BCUT2D eigenvalue weighted by atomic mass is 35.5. The number of H-pyrrole nitrogens is 1. The summed E-state index contributed by atoms with van der Waals surface area (Å²) < 4.78 is 10.8. The summed E-state index contributed by atoms with van der Waals surface area (Å²) in [5.41, 5.74) is 2.46. The van der Waals surface area contributed by atoms with Crippen LogP contribution in [0.15, 0.2) is 66.7 Å². The lowest BCUT2D eigenvalue weighted by Crippen LogP contribution is -2.12. The molecular formula is C25H21ClN2O5. The molecule has 0 aliphatic heterocycles. The molecule has 33 heavy (non-hydrogen) atoms. The van der Waals surface area contributed by atoms with Gasteiger partial charge in [-0.15, -0.1) is 0 Å². The van der Waals surface area contributed by atoms with E-state index in [9.17, 15) is 14.7 Å². The van der Waals surface area contributed by atoms with E-state index in [1.165, 1.54) is 0 Å². The monoisotopic (exact) mass is 464 g/mol. The molecule has 4 aromatic rings. The maximum atomic E-state index is 12.6. The minimum atomic E-state index is -0.314. The fourth-order valence-corrected chi connectivity index (χ4v) is 3.53. The molecule has 4 rings (SSSR count). The van der Waals surface area contributed by atoms with Crippen LogP contribution in [-0.4, -0.2) is 28.6 Å². The van der Waals surface area contributed by atoms with Gasteiger partial charge in [-0.05, 0) is 73.2 Å². The summed E-state index contributed by atoms with van der Waals surface area (Å²) in [5.74, 6) is 0.499. The average molecular weight is 465 g/mol. The highest BCUT2D eigenvalue weighted by molar-refractivity contribution is 6.32. The molecule has 0 saturated carbocycles. The van der Waals surface area contributed by atoms with Gasteiger partial charge in [0, 0.05) is 16.6 Å². The van der Waals surface area contributed by atoms with E-state index >= 15 is 0 Å². The number of benzene rings is 3. The summed E-state index contributed by atoms with van der Waals surface area (Å²) in [7, 11) is 0. The summed E-state index contributed by atoms with van der Waals surface area (Å²) in [6.07, 6.45) is 0.139. The average Bonchev–Trinajstić information content (AvgIpc) is 3.20. The number of hydrogen-bond acceptors (Lipinski definition) is 5. The smallest absolute Gasteiger partial charge is 0.310 e. The van der Waals surface area contributed by atoms with Crippen molar-refractivity contribution in [2.75, 3.05) is 11.9 Å². The normalized spacial score (nSPS) is 10.7. The number of phenolic OH excluding ortho intramolecular Hbond substituents is 1. The first-order chi connectivity index (χ1) is 15.9. The Hall–Kier alpha value is -3.97. The standard InChI is InChI=1S/C25H21ClN2O5/c1-2-32-24(30)12-15-3-10-23(20(26)11-15)33-19-7-4-17(5-8-19)27-25(31)22-14-16-13-18(29)6-9-21(16)28-22/h3-11,13-14,28-29H,2,12H2,1H3,(H,27,31).